The normalized spacial score (nSPS) is 10.1. The van der Waals surface area contributed by atoms with Crippen molar-refractivity contribution in [1.82, 2.24) is 0 Å². The van der Waals surface area contributed by atoms with E-state index in [0.717, 1.165) is 6.07 Å². The monoisotopic (exact) mass is 215 g/mol. The van der Waals surface area contributed by atoms with Gasteiger partial charge >= 0.3 is 0 Å². The third-order valence-corrected chi connectivity index (χ3v) is 1.80. The Balaban J connectivity index is 2.86. The minimum atomic E-state index is -0.803. The summed E-state index contributed by atoms with van der Waals surface area (Å²) >= 11 is 0. The van der Waals surface area contributed by atoms with Gasteiger partial charge in [-0.3, -0.25) is 4.79 Å². The highest BCUT2D eigenvalue weighted by molar-refractivity contribution is 5.91. The minimum absolute atomic E-state index is 0.0454. The van der Waals surface area contributed by atoms with Crippen LogP contribution in [0.3, 0.4) is 0 Å². The molecule has 0 radical (unpaired) electrons. The molecule has 1 aromatic rings. The zero-order valence-corrected chi connectivity index (χ0v) is 8.43. The Morgan fingerprint density at radius 1 is 1.40 bits per heavy atom. The fourth-order valence-corrected chi connectivity index (χ4v) is 1.07. The molecule has 0 aromatic heterocycles. The van der Waals surface area contributed by atoms with Crippen molar-refractivity contribution in [2.24, 2.45) is 0 Å². The second-order valence-electron chi connectivity index (χ2n) is 3.06. The van der Waals surface area contributed by atoms with E-state index in [0.29, 0.717) is 0 Å². The Morgan fingerprint density at radius 2 is 2.07 bits per heavy atom. The Labute approximate surface area is 86.0 Å². The van der Waals surface area contributed by atoms with E-state index in [1.165, 1.54) is 20.1 Å². The van der Waals surface area contributed by atoms with Gasteiger partial charge in [-0.25, -0.2) is 8.78 Å². The van der Waals surface area contributed by atoms with Crippen molar-refractivity contribution in [3.8, 4) is 0 Å². The lowest BCUT2D eigenvalue weighted by atomic mass is 10.2. The van der Waals surface area contributed by atoms with Crippen LogP contribution in [-0.2, 0) is 9.53 Å². The molecule has 1 rings (SSSR count). The number of anilines is 1. The van der Waals surface area contributed by atoms with Crippen LogP contribution in [0.1, 0.15) is 5.56 Å². The molecule has 0 bridgehead atoms. The second-order valence-corrected chi connectivity index (χ2v) is 3.06. The van der Waals surface area contributed by atoms with Crippen LogP contribution in [0.5, 0.6) is 0 Å². The molecule has 5 heteroatoms. The highest BCUT2D eigenvalue weighted by Crippen LogP contribution is 2.18. The molecule has 0 spiro atoms. The number of carbonyl (C=O) groups is 1. The van der Waals surface area contributed by atoms with Crippen molar-refractivity contribution in [2.45, 2.75) is 6.92 Å². The number of aryl methyl sites for hydroxylation is 1. The number of amides is 1. The van der Waals surface area contributed by atoms with Crippen LogP contribution in [0.15, 0.2) is 12.1 Å². The highest BCUT2D eigenvalue weighted by Gasteiger charge is 2.09. The van der Waals surface area contributed by atoms with E-state index >= 15 is 0 Å². The molecule has 1 amide bonds. The van der Waals surface area contributed by atoms with Crippen molar-refractivity contribution in [3.63, 3.8) is 0 Å². The molecule has 0 atom stereocenters. The molecule has 1 N–H and O–H groups in total. The summed E-state index contributed by atoms with van der Waals surface area (Å²) in [4.78, 5) is 11.1. The Morgan fingerprint density at radius 3 is 2.67 bits per heavy atom. The number of hydrogen-bond donors (Lipinski definition) is 1. The maximum absolute atomic E-state index is 13.1. The zero-order valence-electron chi connectivity index (χ0n) is 8.43. The number of halogens is 2. The van der Waals surface area contributed by atoms with E-state index in [9.17, 15) is 13.6 Å². The van der Waals surface area contributed by atoms with Gasteiger partial charge in [-0.2, -0.15) is 0 Å². The standard InChI is InChI=1S/C10H11F2NO2/c1-6-3-9(8(12)4-7(6)11)13-10(14)5-15-2/h3-4H,5H2,1-2H3,(H,13,14). The first-order chi connectivity index (χ1) is 7.04. The van der Waals surface area contributed by atoms with Crippen LogP contribution in [0, 0.1) is 18.6 Å². The second kappa shape index (κ2) is 4.84. The molecular formula is C10H11F2NO2. The number of carbonyl (C=O) groups excluding carboxylic acids is 1. The van der Waals surface area contributed by atoms with Gasteiger partial charge in [0.05, 0.1) is 5.69 Å². The zero-order chi connectivity index (χ0) is 11.4. The third kappa shape index (κ3) is 2.99. The van der Waals surface area contributed by atoms with Crippen LogP contribution in [0.25, 0.3) is 0 Å². The quantitative estimate of drug-likeness (QED) is 0.835. The average Bonchev–Trinajstić information content (AvgIpc) is 2.14. The van der Waals surface area contributed by atoms with Crippen LogP contribution in [0.2, 0.25) is 0 Å². The summed E-state index contributed by atoms with van der Waals surface area (Å²) in [6.07, 6.45) is 0. The maximum atomic E-state index is 13.1. The Hall–Kier alpha value is -1.49. The predicted molar refractivity (Wildman–Crippen MR) is 51.6 cm³/mol. The van der Waals surface area contributed by atoms with E-state index in [-0.39, 0.29) is 17.9 Å². The summed E-state index contributed by atoms with van der Waals surface area (Å²) in [6, 6.07) is 1.97. The van der Waals surface area contributed by atoms with E-state index in [1.54, 1.807) is 0 Å². The molecule has 15 heavy (non-hydrogen) atoms. The summed E-state index contributed by atoms with van der Waals surface area (Å²) in [7, 11) is 1.35. The first kappa shape index (κ1) is 11.6. The van der Waals surface area contributed by atoms with Gasteiger partial charge in [-0.05, 0) is 18.6 Å². The number of rotatable bonds is 3. The first-order valence-electron chi connectivity index (χ1n) is 4.29. The van der Waals surface area contributed by atoms with Crippen LogP contribution < -0.4 is 5.32 Å². The molecule has 0 heterocycles. The molecule has 0 aliphatic heterocycles. The van der Waals surface area contributed by atoms with Crippen molar-refractivity contribution >= 4 is 11.6 Å². The first-order valence-corrected chi connectivity index (χ1v) is 4.29. The summed E-state index contributed by atoms with van der Waals surface area (Å²) in [5, 5.41) is 2.27. The van der Waals surface area contributed by atoms with Gasteiger partial charge in [-0.15, -0.1) is 0 Å². The number of hydrogen-bond acceptors (Lipinski definition) is 2. The van der Waals surface area contributed by atoms with Crippen molar-refractivity contribution < 1.29 is 18.3 Å². The van der Waals surface area contributed by atoms with E-state index in [1.807, 2.05) is 0 Å². The van der Waals surface area contributed by atoms with Crippen LogP contribution in [-0.4, -0.2) is 19.6 Å². The molecule has 0 aliphatic rings. The van der Waals surface area contributed by atoms with E-state index in [4.69, 9.17) is 0 Å². The van der Waals surface area contributed by atoms with Gasteiger partial charge in [0, 0.05) is 13.2 Å². The number of nitrogens with one attached hydrogen (secondary N) is 1. The SMILES string of the molecule is COCC(=O)Nc1cc(C)c(F)cc1F. The van der Waals surface area contributed by atoms with Gasteiger partial charge in [0.1, 0.15) is 18.2 Å². The summed E-state index contributed by atoms with van der Waals surface area (Å²) in [5.41, 5.74) is 0.222. The number of benzene rings is 1. The molecular weight excluding hydrogens is 204 g/mol. The number of methoxy groups -OCH3 is 1. The Bertz CT molecular complexity index is 380. The molecule has 0 fully saturated rings. The third-order valence-electron chi connectivity index (χ3n) is 1.80. The lowest BCUT2D eigenvalue weighted by Crippen LogP contribution is -2.18. The molecule has 0 unspecified atom stereocenters. The molecule has 1 aromatic carbocycles. The molecule has 0 saturated heterocycles. The summed E-state index contributed by atoms with van der Waals surface area (Å²) in [5.74, 6) is -1.93. The lowest BCUT2D eigenvalue weighted by molar-refractivity contribution is -0.119. The fourth-order valence-electron chi connectivity index (χ4n) is 1.07. The topological polar surface area (TPSA) is 38.3 Å². The predicted octanol–water partition coefficient (Wildman–Crippen LogP) is 1.86. The molecule has 0 aliphatic carbocycles. The molecule has 3 nitrogen and oxygen atoms in total. The van der Waals surface area contributed by atoms with Gasteiger partial charge in [-0.1, -0.05) is 0 Å². The van der Waals surface area contributed by atoms with Gasteiger partial charge in [0.2, 0.25) is 5.91 Å². The van der Waals surface area contributed by atoms with Gasteiger partial charge < -0.3 is 10.1 Å². The Kier molecular flexibility index (Phi) is 3.74. The van der Waals surface area contributed by atoms with Crippen LogP contribution in [0.4, 0.5) is 14.5 Å². The van der Waals surface area contributed by atoms with Crippen molar-refractivity contribution in [1.29, 1.82) is 0 Å². The van der Waals surface area contributed by atoms with Gasteiger partial charge in [0.25, 0.3) is 0 Å². The van der Waals surface area contributed by atoms with Crippen molar-refractivity contribution in [2.75, 3.05) is 19.0 Å². The average molecular weight is 215 g/mol. The molecule has 0 saturated carbocycles. The minimum Gasteiger partial charge on any atom is -0.375 e. The largest absolute Gasteiger partial charge is 0.375 e. The lowest BCUT2D eigenvalue weighted by Gasteiger charge is -2.07. The van der Waals surface area contributed by atoms with E-state index in [2.05, 4.69) is 10.1 Å². The maximum Gasteiger partial charge on any atom is 0.250 e. The summed E-state index contributed by atoms with van der Waals surface area (Å²) in [6.45, 7) is 1.32. The number of ether oxygens (including phenoxy) is 1. The molecule has 82 valence electrons. The summed E-state index contributed by atoms with van der Waals surface area (Å²) < 4.78 is 30.6. The van der Waals surface area contributed by atoms with Gasteiger partial charge in [0.15, 0.2) is 0 Å². The van der Waals surface area contributed by atoms with E-state index < -0.39 is 17.5 Å². The highest BCUT2D eigenvalue weighted by atomic mass is 19.1. The fraction of sp³-hybridized carbons (Fsp3) is 0.300. The van der Waals surface area contributed by atoms with Crippen molar-refractivity contribution in [3.05, 3.63) is 29.3 Å². The van der Waals surface area contributed by atoms with Crippen LogP contribution >= 0.6 is 0 Å². The smallest absolute Gasteiger partial charge is 0.250 e.